The maximum atomic E-state index is 13.7. The van der Waals surface area contributed by atoms with E-state index in [1.165, 1.54) is 22.1 Å². The van der Waals surface area contributed by atoms with Crippen molar-refractivity contribution in [3.63, 3.8) is 0 Å². The zero-order valence-corrected chi connectivity index (χ0v) is 15.7. The number of aromatic nitrogens is 3. The lowest BCUT2D eigenvalue weighted by Gasteiger charge is -2.02. The van der Waals surface area contributed by atoms with Gasteiger partial charge >= 0.3 is 0 Å². The first-order chi connectivity index (χ1) is 13.0. The lowest BCUT2D eigenvalue weighted by atomic mass is 10.1. The monoisotopic (exact) mass is 381 g/mol. The maximum absolute atomic E-state index is 13.7. The lowest BCUT2D eigenvalue weighted by molar-refractivity contribution is 0.143. The van der Waals surface area contributed by atoms with E-state index in [0.717, 1.165) is 27.3 Å². The van der Waals surface area contributed by atoms with Crippen LogP contribution in [0.2, 0.25) is 0 Å². The fraction of sp³-hybridized carbons (Fsp3) is 0.143. The van der Waals surface area contributed by atoms with Crippen molar-refractivity contribution >= 4 is 11.3 Å². The molecular formula is C21H17F2N3S. The minimum atomic E-state index is -2.64. The van der Waals surface area contributed by atoms with E-state index in [4.69, 9.17) is 0 Å². The van der Waals surface area contributed by atoms with Gasteiger partial charge in [-0.15, -0.1) is 0 Å². The summed E-state index contributed by atoms with van der Waals surface area (Å²) in [6, 6.07) is 18.8. The standard InChI is InChI=1S/C21H17F2N3S/c1-13-8-10-15(11-9-13)17-12-18(20(22)23)26(25-17)21-24-19(14(2)27-21)16-6-4-3-5-7-16/h3-12,20H,1-2H3. The van der Waals surface area contributed by atoms with Gasteiger partial charge in [-0.05, 0) is 19.9 Å². The van der Waals surface area contributed by atoms with Gasteiger partial charge in [0.2, 0.25) is 5.13 Å². The molecule has 0 saturated carbocycles. The molecule has 0 fully saturated rings. The first-order valence-corrected chi connectivity index (χ1v) is 9.33. The number of nitrogens with zero attached hydrogens (tertiary/aromatic N) is 3. The van der Waals surface area contributed by atoms with Crippen LogP contribution in [-0.4, -0.2) is 14.8 Å². The number of alkyl halides is 2. The fourth-order valence-electron chi connectivity index (χ4n) is 2.91. The Balaban J connectivity index is 1.81. The molecule has 2 aromatic carbocycles. The number of aryl methyl sites for hydroxylation is 2. The van der Waals surface area contributed by atoms with Crippen LogP contribution in [0.25, 0.3) is 27.6 Å². The molecule has 0 unspecified atom stereocenters. The molecule has 0 atom stereocenters. The van der Waals surface area contributed by atoms with Gasteiger partial charge in [-0.1, -0.05) is 71.5 Å². The van der Waals surface area contributed by atoms with Gasteiger partial charge in [0.25, 0.3) is 6.43 Å². The fourth-order valence-corrected chi connectivity index (χ4v) is 3.81. The third-order valence-electron chi connectivity index (χ3n) is 4.32. The van der Waals surface area contributed by atoms with Gasteiger partial charge in [0, 0.05) is 16.0 Å². The predicted molar refractivity (Wildman–Crippen MR) is 105 cm³/mol. The van der Waals surface area contributed by atoms with Crippen molar-refractivity contribution < 1.29 is 8.78 Å². The molecule has 0 N–H and O–H groups in total. The Bertz CT molecular complexity index is 1070. The Hall–Kier alpha value is -2.86. The van der Waals surface area contributed by atoms with Crippen LogP contribution in [0.3, 0.4) is 0 Å². The van der Waals surface area contributed by atoms with Crippen molar-refractivity contribution in [3.8, 4) is 27.6 Å². The molecule has 6 heteroatoms. The van der Waals surface area contributed by atoms with E-state index in [9.17, 15) is 8.78 Å². The number of hydrogen-bond donors (Lipinski definition) is 0. The molecule has 0 aliphatic rings. The van der Waals surface area contributed by atoms with E-state index in [0.29, 0.717) is 10.8 Å². The van der Waals surface area contributed by atoms with Crippen LogP contribution in [0.4, 0.5) is 8.78 Å². The third-order valence-corrected chi connectivity index (χ3v) is 5.27. The molecule has 3 nitrogen and oxygen atoms in total. The van der Waals surface area contributed by atoms with E-state index >= 15 is 0 Å². The maximum Gasteiger partial charge on any atom is 0.280 e. The first kappa shape index (κ1) is 17.5. The average molecular weight is 381 g/mol. The molecule has 0 radical (unpaired) electrons. The molecule has 4 aromatic rings. The number of thiazole rings is 1. The Morgan fingerprint density at radius 2 is 1.63 bits per heavy atom. The highest BCUT2D eigenvalue weighted by Gasteiger charge is 2.22. The molecule has 0 saturated heterocycles. The normalized spacial score (nSPS) is 11.3. The molecule has 136 valence electrons. The van der Waals surface area contributed by atoms with E-state index in [2.05, 4.69) is 10.1 Å². The van der Waals surface area contributed by atoms with Crippen molar-refractivity contribution in [3.05, 3.63) is 76.8 Å². The van der Waals surface area contributed by atoms with E-state index in [-0.39, 0.29) is 5.69 Å². The van der Waals surface area contributed by atoms with Gasteiger partial charge < -0.3 is 0 Å². The Kier molecular flexibility index (Phi) is 4.58. The second kappa shape index (κ2) is 7.04. The molecule has 27 heavy (non-hydrogen) atoms. The molecule has 4 rings (SSSR count). The zero-order valence-electron chi connectivity index (χ0n) is 14.9. The summed E-state index contributed by atoms with van der Waals surface area (Å²) >= 11 is 1.36. The summed E-state index contributed by atoms with van der Waals surface area (Å²) in [5.74, 6) is 0. The quantitative estimate of drug-likeness (QED) is 0.420. The van der Waals surface area contributed by atoms with Crippen molar-refractivity contribution in [2.75, 3.05) is 0 Å². The summed E-state index contributed by atoms with van der Waals surface area (Å²) in [5, 5.41) is 4.88. The van der Waals surface area contributed by atoms with Gasteiger partial charge in [-0.2, -0.15) is 5.10 Å². The van der Waals surface area contributed by atoms with E-state index < -0.39 is 6.43 Å². The highest BCUT2D eigenvalue weighted by atomic mass is 32.1. The van der Waals surface area contributed by atoms with Crippen LogP contribution in [0, 0.1) is 13.8 Å². The van der Waals surface area contributed by atoms with Crippen molar-refractivity contribution in [2.24, 2.45) is 0 Å². The van der Waals surface area contributed by atoms with E-state index in [1.54, 1.807) is 0 Å². The second-order valence-corrected chi connectivity index (χ2v) is 7.48. The average Bonchev–Trinajstić information content (AvgIpc) is 3.27. The van der Waals surface area contributed by atoms with Gasteiger partial charge in [0.05, 0.1) is 11.4 Å². The smallest absolute Gasteiger partial charge is 0.218 e. The van der Waals surface area contributed by atoms with Crippen LogP contribution in [-0.2, 0) is 0 Å². The molecule has 2 aromatic heterocycles. The Morgan fingerprint density at radius 3 is 2.30 bits per heavy atom. The second-order valence-electron chi connectivity index (χ2n) is 6.30. The van der Waals surface area contributed by atoms with Crippen LogP contribution in [0.15, 0.2) is 60.7 Å². The molecule has 0 aliphatic heterocycles. The van der Waals surface area contributed by atoms with Gasteiger partial charge in [0.15, 0.2) is 0 Å². The van der Waals surface area contributed by atoms with Crippen molar-refractivity contribution in [1.82, 2.24) is 14.8 Å². The largest absolute Gasteiger partial charge is 0.280 e. The molecule has 0 aliphatic carbocycles. The summed E-state index contributed by atoms with van der Waals surface area (Å²) in [6.07, 6.45) is -2.64. The topological polar surface area (TPSA) is 30.7 Å². The highest BCUT2D eigenvalue weighted by molar-refractivity contribution is 7.14. The summed E-state index contributed by atoms with van der Waals surface area (Å²) in [7, 11) is 0. The van der Waals surface area contributed by atoms with Crippen LogP contribution in [0.1, 0.15) is 22.6 Å². The first-order valence-electron chi connectivity index (χ1n) is 8.51. The van der Waals surface area contributed by atoms with E-state index in [1.807, 2.05) is 68.4 Å². The summed E-state index contributed by atoms with van der Waals surface area (Å²) in [5.41, 5.74) is 4.02. The minimum Gasteiger partial charge on any atom is -0.218 e. The number of hydrogen-bond acceptors (Lipinski definition) is 3. The molecule has 2 heterocycles. The van der Waals surface area contributed by atoms with Crippen LogP contribution in [0.5, 0.6) is 0 Å². The molecule has 0 bridgehead atoms. The molecule has 0 amide bonds. The number of benzene rings is 2. The zero-order chi connectivity index (χ0) is 19.0. The van der Waals surface area contributed by atoms with Crippen LogP contribution < -0.4 is 0 Å². The van der Waals surface area contributed by atoms with Gasteiger partial charge in [-0.25, -0.2) is 18.4 Å². The Morgan fingerprint density at radius 1 is 0.926 bits per heavy atom. The van der Waals surface area contributed by atoms with Gasteiger partial charge in [-0.3, -0.25) is 0 Å². The van der Waals surface area contributed by atoms with Gasteiger partial charge in [0.1, 0.15) is 5.69 Å². The summed E-state index contributed by atoms with van der Waals surface area (Å²) < 4.78 is 28.6. The SMILES string of the molecule is Cc1ccc(-c2cc(C(F)F)n(-c3nc(-c4ccccc4)c(C)s3)n2)cc1. The third kappa shape index (κ3) is 3.40. The summed E-state index contributed by atoms with van der Waals surface area (Å²) in [4.78, 5) is 5.56. The molecule has 0 spiro atoms. The Labute approximate surface area is 159 Å². The van der Waals surface area contributed by atoms with Crippen molar-refractivity contribution in [1.29, 1.82) is 0 Å². The predicted octanol–water partition coefficient (Wildman–Crippen LogP) is 6.22. The lowest BCUT2D eigenvalue weighted by Crippen LogP contribution is -2.02. The number of rotatable bonds is 4. The number of halogens is 2. The van der Waals surface area contributed by atoms with Crippen molar-refractivity contribution in [2.45, 2.75) is 20.3 Å². The molecular weight excluding hydrogens is 364 g/mol. The van der Waals surface area contributed by atoms with Crippen LogP contribution >= 0.6 is 11.3 Å². The highest BCUT2D eigenvalue weighted by Crippen LogP contribution is 2.33. The minimum absolute atomic E-state index is 0.154. The summed E-state index contributed by atoms with van der Waals surface area (Å²) in [6.45, 7) is 3.92.